The van der Waals surface area contributed by atoms with E-state index >= 15 is 0 Å². The Balaban J connectivity index is 2.14. The van der Waals surface area contributed by atoms with Gasteiger partial charge in [-0.1, -0.05) is 30.3 Å². The molecule has 19 heavy (non-hydrogen) atoms. The number of halogens is 3. The number of rotatable bonds is 4. The van der Waals surface area contributed by atoms with E-state index in [1.165, 1.54) is 23.1 Å². The first kappa shape index (κ1) is 13.5. The SMILES string of the molecule is Cn1ncnc1CO[C@@H](c1ccccc1)C(F)(F)F. The third-order valence-corrected chi connectivity index (χ3v) is 2.58. The van der Waals surface area contributed by atoms with Gasteiger partial charge in [0, 0.05) is 7.05 Å². The van der Waals surface area contributed by atoms with Gasteiger partial charge in [-0.15, -0.1) is 0 Å². The fourth-order valence-electron chi connectivity index (χ4n) is 1.62. The molecule has 0 aliphatic rings. The van der Waals surface area contributed by atoms with Crippen LogP contribution in [0.1, 0.15) is 17.5 Å². The van der Waals surface area contributed by atoms with E-state index in [9.17, 15) is 13.2 Å². The molecule has 1 heterocycles. The minimum absolute atomic E-state index is 0.0668. The van der Waals surface area contributed by atoms with Crippen LogP contribution in [0.25, 0.3) is 0 Å². The predicted octanol–water partition coefficient (Wildman–Crippen LogP) is 2.64. The molecule has 102 valence electrons. The van der Waals surface area contributed by atoms with Crippen LogP contribution in [0.4, 0.5) is 13.2 Å². The molecule has 0 radical (unpaired) electrons. The highest BCUT2D eigenvalue weighted by molar-refractivity contribution is 5.18. The van der Waals surface area contributed by atoms with Gasteiger partial charge in [0.2, 0.25) is 0 Å². The summed E-state index contributed by atoms with van der Waals surface area (Å²) in [5, 5.41) is 3.77. The Bertz CT molecular complexity index is 525. The second-order valence-corrected chi connectivity index (χ2v) is 3.94. The Hall–Kier alpha value is -1.89. The first-order valence-electron chi connectivity index (χ1n) is 5.54. The van der Waals surface area contributed by atoms with Crippen molar-refractivity contribution in [2.75, 3.05) is 0 Å². The van der Waals surface area contributed by atoms with Crippen molar-refractivity contribution in [3.8, 4) is 0 Å². The highest BCUT2D eigenvalue weighted by Gasteiger charge is 2.42. The van der Waals surface area contributed by atoms with Crippen LogP contribution in [0.3, 0.4) is 0 Å². The fourth-order valence-corrected chi connectivity index (χ4v) is 1.62. The molecule has 1 aromatic carbocycles. The first-order chi connectivity index (χ1) is 8.98. The van der Waals surface area contributed by atoms with E-state index < -0.39 is 12.3 Å². The molecular weight excluding hydrogens is 259 g/mol. The molecule has 0 bridgehead atoms. The Morgan fingerprint density at radius 2 is 1.95 bits per heavy atom. The van der Waals surface area contributed by atoms with Gasteiger partial charge >= 0.3 is 6.18 Å². The van der Waals surface area contributed by atoms with Crippen LogP contribution in [0.15, 0.2) is 36.7 Å². The molecule has 2 rings (SSSR count). The average molecular weight is 271 g/mol. The number of aromatic nitrogens is 3. The largest absolute Gasteiger partial charge is 0.418 e. The Morgan fingerprint density at radius 1 is 1.26 bits per heavy atom. The van der Waals surface area contributed by atoms with Gasteiger partial charge in [-0.3, -0.25) is 4.68 Å². The Morgan fingerprint density at radius 3 is 2.47 bits per heavy atom. The summed E-state index contributed by atoms with van der Waals surface area (Å²) in [6.45, 7) is -0.254. The van der Waals surface area contributed by atoms with Gasteiger partial charge in [-0.25, -0.2) is 4.98 Å². The summed E-state index contributed by atoms with van der Waals surface area (Å²) in [4.78, 5) is 3.82. The van der Waals surface area contributed by atoms with E-state index in [1.54, 1.807) is 25.2 Å². The fraction of sp³-hybridized carbons (Fsp3) is 0.333. The maximum atomic E-state index is 13.0. The smallest absolute Gasteiger partial charge is 0.356 e. The summed E-state index contributed by atoms with van der Waals surface area (Å²) in [6, 6.07) is 7.50. The van der Waals surface area contributed by atoms with Gasteiger partial charge < -0.3 is 4.74 Å². The first-order valence-corrected chi connectivity index (χ1v) is 5.54. The number of aryl methyl sites for hydroxylation is 1. The van der Waals surface area contributed by atoms with Crippen LogP contribution in [-0.4, -0.2) is 20.9 Å². The zero-order valence-electron chi connectivity index (χ0n) is 10.1. The third kappa shape index (κ3) is 3.31. The lowest BCUT2D eigenvalue weighted by Gasteiger charge is -2.20. The summed E-state index contributed by atoms with van der Waals surface area (Å²) in [6.07, 6.45) is -5.17. The average Bonchev–Trinajstić information content (AvgIpc) is 2.75. The standard InChI is InChI=1S/C12H12F3N3O/c1-18-10(16-8-17-18)7-19-11(12(13,14)15)9-5-3-2-4-6-9/h2-6,8,11H,7H2,1H3/t11-/m0/s1. The van der Waals surface area contributed by atoms with Crippen LogP contribution in [0.2, 0.25) is 0 Å². The van der Waals surface area contributed by atoms with Crippen molar-refractivity contribution in [3.63, 3.8) is 0 Å². The van der Waals surface area contributed by atoms with E-state index in [0.29, 0.717) is 5.82 Å². The van der Waals surface area contributed by atoms with Gasteiger partial charge in [-0.2, -0.15) is 18.3 Å². The topological polar surface area (TPSA) is 39.9 Å². The zero-order chi connectivity index (χ0) is 13.9. The lowest BCUT2D eigenvalue weighted by Crippen LogP contribution is -2.24. The molecule has 0 spiro atoms. The molecule has 0 amide bonds. The van der Waals surface area contributed by atoms with E-state index in [1.807, 2.05) is 0 Å². The van der Waals surface area contributed by atoms with Crippen molar-refractivity contribution in [3.05, 3.63) is 48.0 Å². The summed E-state index contributed by atoms with van der Waals surface area (Å²) in [5.41, 5.74) is 0.0668. The maximum Gasteiger partial charge on any atom is 0.418 e. The lowest BCUT2D eigenvalue weighted by atomic mass is 10.1. The molecule has 7 heteroatoms. The number of nitrogens with zero attached hydrogens (tertiary/aromatic N) is 3. The summed E-state index contributed by atoms with van der Waals surface area (Å²) >= 11 is 0. The summed E-state index contributed by atoms with van der Waals surface area (Å²) < 4.78 is 45.2. The van der Waals surface area contributed by atoms with Crippen LogP contribution in [-0.2, 0) is 18.4 Å². The van der Waals surface area contributed by atoms with Crippen molar-refractivity contribution in [2.24, 2.45) is 7.05 Å². The van der Waals surface area contributed by atoms with Gasteiger partial charge in [0.1, 0.15) is 12.9 Å². The highest BCUT2D eigenvalue weighted by Crippen LogP contribution is 2.36. The molecule has 2 aromatic rings. The van der Waals surface area contributed by atoms with E-state index in [0.717, 1.165) is 0 Å². The molecule has 0 aliphatic heterocycles. The molecule has 0 unspecified atom stereocenters. The highest BCUT2D eigenvalue weighted by atomic mass is 19.4. The number of hydrogen-bond acceptors (Lipinski definition) is 3. The molecule has 0 saturated carbocycles. The minimum atomic E-state index is -4.47. The van der Waals surface area contributed by atoms with Crippen molar-refractivity contribution in [1.29, 1.82) is 0 Å². The molecule has 0 fully saturated rings. The van der Waals surface area contributed by atoms with Crippen LogP contribution >= 0.6 is 0 Å². The van der Waals surface area contributed by atoms with Crippen molar-refractivity contribution in [1.82, 2.24) is 14.8 Å². The lowest BCUT2D eigenvalue weighted by molar-refractivity contribution is -0.228. The van der Waals surface area contributed by atoms with Gasteiger partial charge in [0.05, 0.1) is 0 Å². The Kier molecular flexibility index (Phi) is 3.84. The zero-order valence-corrected chi connectivity index (χ0v) is 10.1. The molecule has 0 saturated heterocycles. The molecule has 4 nitrogen and oxygen atoms in total. The maximum absolute atomic E-state index is 13.0. The predicted molar refractivity (Wildman–Crippen MR) is 61.0 cm³/mol. The van der Waals surface area contributed by atoms with Crippen LogP contribution < -0.4 is 0 Å². The van der Waals surface area contributed by atoms with Crippen LogP contribution in [0.5, 0.6) is 0 Å². The number of ether oxygens (including phenoxy) is 1. The van der Waals surface area contributed by atoms with Crippen LogP contribution in [0, 0.1) is 0 Å². The quantitative estimate of drug-likeness (QED) is 0.858. The van der Waals surface area contributed by atoms with E-state index in [2.05, 4.69) is 10.1 Å². The molecule has 0 aliphatic carbocycles. The van der Waals surface area contributed by atoms with E-state index in [4.69, 9.17) is 4.74 Å². The second-order valence-electron chi connectivity index (χ2n) is 3.94. The van der Waals surface area contributed by atoms with E-state index in [-0.39, 0.29) is 12.2 Å². The Labute approximate surface area is 107 Å². The van der Waals surface area contributed by atoms with Crippen molar-refractivity contribution in [2.45, 2.75) is 18.9 Å². The molecule has 1 aromatic heterocycles. The summed E-state index contributed by atoms with van der Waals surface area (Å²) in [5.74, 6) is 0.338. The van der Waals surface area contributed by atoms with Gasteiger partial charge in [0.25, 0.3) is 0 Å². The monoisotopic (exact) mass is 271 g/mol. The van der Waals surface area contributed by atoms with Crippen molar-refractivity contribution >= 4 is 0 Å². The normalized spacial score (nSPS) is 13.5. The minimum Gasteiger partial charge on any atom is -0.356 e. The number of benzene rings is 1. The second kappa shape index (κ2) is 5.40. The number of hydrogen-bond donors (Lipinski definition) is 0. The number of alkyl halides is 3. The van der Waals surface area contributed by atoms with Crippen molar-refractivity contribution < 1.29 is 17.9 Å². The van der Waals surface area contributed by atoms with Gasteiger partial charge in [0.15, 0.2) is 11.9 Å². The summed E-state index contributed by atoms with van der Waals surface area (Å²) in [7, 11) is 1.59. The molecule has 0 N–H and O–H groups in total. The van der Waals surface area contributed by atoms with Gasteiger partial charge in [-0.05, 0) is 5.56 Å². The molecular formula is C12H12F3N3O. The molecule has 1 atom stereocenters. The third-order valence-electron chi connectivity index (χ3n) is 2.58.